The first-order valence-electron chi connectivity index (χ1n) is 6.03. The predicted molar refractivity (Wildman–Crippen MR) is 94.6 cm³/mol. The summed E-state index contributed by atoms with van der Waals surface area (Å²) in [5.41, 5.74) is 3.46. The highest BCUT2D eigenvalue weighted by molar-refractivity contribution is 9.11. The van der Waals surface area contributed by atoms with Gasteiger partial charge in [0, 0.05) is 21.6 Å². The molecule has 0 spiro atoms. The Labute approximate surface area is 144 Å². The summed E-state index contributed by atoms with van der Waals surface area (Å²) in [7, 11) is 1.66. The molecule has 106 valence electrons. The monoisotopic (exact) mass is 461 g/mol. The second kappa shape index (κ2) is 6.96. The van der Waals surface area contributed by atoms with Gasteiger partial charge in [-0.05, 0) is 62.0 Å². The van der Waals surface area contributed by atoms with Crippen molar-refractivity contribution in [2.45, 2.75) is 13.5 Å². The van der Waals surface area contributed by atoms with Gasteiger partial charge in [0.25, 0.3) is 0 Å². The van der Waals surface area contributed by atoms with Crippen LogP contribution in [0.15, 0.2) is 43.7 Å². The van der Waals surface area contributed by atoms with E-state index in [1.54, 1.807) is 7.11 Å². The molecule has 0 aliphatic heterocycles. The Morgan fingerprint density at radius 1 is 1.00 bits per heavy atom. The van der Waals surface area contributed by atoms with Crippen molar-refractivity contribution in [2.75, 3.05) is 12.4 Å². The van der Waals surface area contributed by atoms with Crippen molar-refractivity contribution in [1.29, 1.82) is 0 Å². The van der Waals surface area contributed by atoms with E-state index in [0.29, 0.717) is 0 Å². The quantitative estimate of drug-likeness (QED) is 0.609. The smallest absolute Gasteiger partial charge is 0.135 e. The van der Waals surface area contributed by atoms with Crippen molar-refractivity contribution in [3.8, 4) is 5.75 Å². The minimum atomic E-state index is 0.752. The second-order valence-corrected chi connectivity index (χ2v) is 6.97. The molecule has 2 aromatic rings. The minimum absolute atomic E-state index is 0.752. The molecule has 1 N–H and O–H groups in total. The van der Waals surface area contributed by atoms with E-state index in [4.69, 9.17) is 4.74 Å². The van der Waals surface area contributed by atoms with E-state index >= 15 is 0 Å². The van der Waals surface area contributed by atoms with Gasteiger partial charge in [0.15, 0.2) is 0 Å². The van der Waals surface area contributed by atoms with Crippen molar-refractivity contribution in [2.24, 2.45) is 0 Å². The van der Waals surface area contributed by atoms with E-state index in [1.807, 2.05) is 12.1 Å². The van der Waals surface area contributed by atoms with E-state index in [-0.39, 0.29) is 0 Å². The Bertz CT molecular complexity index is 629. The highest BCUT2D eigenvalue weighted by atomic mass is 79.9. The lowest BCUT2D eigenvalue weighted by Gasteiger charge is -2.12. The number of methoxy groups -OCH3 is 1. The lowest BCUT2D eigenvalue weighted by molar-refractivity contribution is 0.412. The summed E-state index contributed by atoms with van der Waals surface area (Å²) in [5.74, 6) is 0.806. The van der Waals surface area contributed by atoms with Crippen molar-refractivity contribution in [3.05, 3.63) is 54.9 Å². The molecule has 0 radical (unpaired) electrons. The maximum absolute atomic E-state index is 5.31. The zero-order valence-electron chi connectivity index (χ0n) is 11.1. The van der Waals surface area contributed by atoms with Gasteiger partial charge in [0.2, 0.25) is 0 Å². The van der Waals surface area contributed by atoms with Crippen LogP contribution in [-0.4, -0.2) is 7.11 Å². The second-order valence-electron chi connectivity index (χ2n) is 4.40. The zero-order valence-corrected chi connectivity index (χ0v) is 15.9. The third-order valence-corrected chi connectivity index (χ3v) is 5.09. The molecule has 0 fully saturated rings. The van der Waals surface area contributed by atoms with Gasteiger partial charge in [0.1, 0.15) is 5.75 Å². The summed E-state index contributed by atoms with van der Waals surface area (Å²) in [6.45, 7) is 2.83. The molecule has 0 aromatic heterocycles. The summed E-state index contributed by atoms with van der Waals surface area (Å²) in [4.78, 5) is 0. The van der Waals surface area contributed by atoms with Crippen LogP contribution >= 0.6 is 47.8 Å². The standard InChI is InChI=1S/C15H14Br3NO/c1-9-3-4-10(5-11(9)16)8-19-14-7-15(20-2)13(18)6-12(14)17/h3-7,19H,8H2,1-2H3. The fourth-order valence-corrected chi connectivity index (χ4v) is 3.49. The van der Waals surface area contributed by atoms with Crippen LogP contribution in [0, 0.1) is 6.92 Å². The Balaban J connectivity index is 2.16. The Hall–Kier alpha value is -0.520. The highest BCUT2D eigenvalue weighted by Gasteiger charge is 2.07. The van der Waals surface area contributed by atoms with Crippen LogP contribution in [0.1, 0.15) is 11.1 Å². The maximum Gasteiger partial charge on any atom is 0.135 e. The number of benzene rings is 2. The third kappa shape index (κ3) is 3.77. The fourth-order valence-electron chi connectivity index (χ4n) is 1.76. The van der Waals surface area contributed by atoms with E-state index in [2.05, 4.69) is 78.2 Å². The van der Waals surface area contributed by atoms with Gasteiger partial charge in [-0.15, -0.1) is 0 Å². The van der Waals surface area contributed by atoms with Gasteiger partial charge >= 0.3 is 0 Å². The van der Waals surface area contributed by atoms with Gasteiger partial charge in [-0.2, -0.15) is 0 Å². The molecule has 2 aromatic carbocycles. The van der Waals surface area contributed by atoms with E-state index < -0.39 is 0 Å². The van der Waals surface area contributed by atoms with Crippen molar-refractivity contribution >= 4 is 53.5 Å². The third-order valence-electron chi connectivity index (χ3n) is 2.96. The van der Waals surface area contributed by atoms with E-state index in [9.17, 15) is 0 Å². The molecule has 0 atom stereocenters. The Morgan fingerprint density at radius 2 is 1.75 bits per heavy atom. The van der Waals surface area contributed by atoms with Crippen LogP contribution in [0.4, 0.5) is 5.69 Å². The Kier molecular flexibility index (Phi) is 5.52. The molecular formula is C15H14Br3NO. The fraction of sp³-hybridized carbons (Fsp3) is 0.200. The van der Waals surface area contributed by atoms with Gasteiger partial charge in [-0.1, -0.05) is 28.1 Å². The minimum Gasteiger partial charge on any atom is -0.495 e. The maximum atomic E-state index is 5.31. The number of hydrogen-bond donors (Lipinski definition) is 1. The van der Waals surface area contributed by atoms with Crippen LogP contribution in [-0.2, 0) is 6.54 Å². The zero-order chi connectivity index (χ0) is 14.7. The SMILES string of the molecule is COc1cc(NCc2ccc(C)c(Br)c2)c(Br)cc1Br. The molecule has 0 saturated heterocycles. The van der Waals surface area contributed by atoms with Crippen molar-refractivity contribution < 1.29 is 4.74 Å². The molecule has 0 heterocycles. The van der Waals surface area contributed by atoms with Crippen LogP contribution in [0.25, 0.3) is 0 Å². The van der Waals surface area contributed by atoms with Gasteiger partial charge < -0.3 is 10.1 Å². The molecule has 0 bridgehead atoms. The topological polar surface area (TPSA) is 21.3 Å². The van der Waals surface area contributed by atoms with E-state index in [1.165, 1.54) is 11.1 Å². The number of ether oxygens (including phenoxy) is 1. The summed E-state index contributed by atoms with van der Waals surface area (Å²) in [6.07, 6.45) is 0. The number of rotatable bonds is 4. The van der Waals surface area contributed by atoms with Crippen LogP contribution in [0.5, 0.6) is 5.75 Å². The first-order valence-corrected chi connectivity index (χ1v) is 8.41. The molecular weight excluding hydrogens is 450 g/mol. The number of halogens is 3. The molecule has 0 aliphatic rings. The molecule has 0 amide bonds. The Morgan fingerprint density at radius 3 is 2.40 bits per heavy atom. The normalized spacial score (nSPS) is 10.4. The average Bonchev–Trinajstić information content (AvgIpc) is 2.41. The lowest BCUT2D eigenvalue weighted by atomic mass is 10.1. The summed E-state index contributed by atoms with van der Waals surface area (Å²) in [5, 5.41) is 3.41. The highest BCUT2D eigenvalue weighted by Crippen LogP contribution is 2.34. The molecule has 0 aliphatic carbocycles. The molecule has 0 saturated carbocycles. The lowest BCUT2D eigenvalue weighted by Crippen LogP contribution is -2.01. The van der Waals surface area contributed by atoms with Crippen LogP contribution in [0.3, 0.4) is 0 Å². The average molecular weight is 464 g/mol. The summed E-state index contributed by atoms with van der Waals surface area (Å²) >= 11 is 10.6. The molecule has 5 heteroatoms. The van der Waals surface area contributed by atoms with Crippen LogP contribution in [0.2, 0.25) is 0 Å². The van der Waals surface area contributed by atoms with Gasteiger partial charge in [-0.3, -0.25) is 0 Å². The number of anilines is 1. The van der Waals surface area contributed by atoms with Gasteiger partial charge in [0.05, 0.1) is 17.3 Å². The number of aryl methyl sites for hydroxylation is 1. The summed E-state index contributed by atoms with van der Waals surface area (Å²) in [6, 6.07) is 10.3. The predicted octanol–water partition coefficient (Wildman–Crippen LogP) is 5.90. The number of nitrogens with one attached hydrogen (secondary N) is 1. The molecule has 2 rings (SSSR count). The first kappa shape index (κ1) is 15.9. The molecule has 0 unspecified atom stereocenters. The van der Waals surface area contributed by atoms with Crippen molar-refractivity contribution in [1.82, 2.24) is 0 Å². The van der Waals surface area contributed by atoms with Crippen molar-refractivity contribution in [3.63, 3.8) is 0 Å². The summed E-state index contributed by atoms with van der Waals surface area (Å²) < 4.78 is 8.36. The largest absolute Gasteiger partial charge is 0.495 e. The van der Waals surface area contributed by atoms with E-state index in [0.717, 1.165) is 31.4 Å². The first-order chi connectivity index (χ1) is 9.51. The number of hydrogen-bond acceptors (Lipinski definition) is 2. The molecule has 20 heavy (non-hydrogen) atoms. The molecule has 2 nitrogen and oxygen atoms in total. The van der Waals surface area contributed by atoms with Gasteiger partial charge in [-0.25, -0.2) is 0 Å². The van der Waals surface area contributed by atoms with Crippen LogP contribution < -0.4 is 10.1 Å².